The van der Waals surface area contributed by atoms with Gasteiger partial charge >= 0.3 is 0 Å². The molecule has 0 saturated carbocycles. The molecule has 1 atom stereocenters. The van der Waals surface area contributed by atoms with Gasteiger partial charge in [0.05, 0.1) is 12.8 Å². The Labute approximate surface area is 118 Å². The molecule has 5 heteroatoms. The fourth-order valence-electron chi connectivity index (χ4n) is 2.21. The Kier molecular flexibility index (Phi) is 5.05. The number of nitrogens with one attached hydrogen (secondary N) is 1. The van der Waals surface area contributed by atoms with Gasteiger partial charge in [0.1, 0.15) is 5.75 Å². The fraction of sp³-hybridized carbons (Fsp3) is 0.500. The zero-order chi connectivity index (χ0) is 13.7. The molecule has 0 radical (unpaired) electrons. The standard InChI is InChI=1S/C14H18ClNO3/c1-18-13-5-4-11(15)8-12(13)16-14(17)7-10-3-2-6-19-9-10/h4-5,8,10H,2-3,6-7,9H2,1H3,(H,16,17). The molecule has 1 aromatic rings. The van der Waals surface area contributed by atoms with E-state index in [0.717, 1.165) is 19.4 Å². The molecule has 1 aromatic carbocycles. The Balaban J connectivity index is 1.95. The van der Waals surface area contributed by atoms with Crippen LogP contribution in [0.25, 0.3) is 0 Å². The highest BCUT2D eigenvalue weighted by Crippen LogP contribution is 2.28. The van der Waals surface area contributed by atoms with Crippen molar-refractivity contribution >= 4 is 23.2 Å². The highest BCUT2D eigenvalue weighted by molar-refractivity contribution is 6.31. The number of ether oxygens (including phenoxy) is 2. The van der Waals surface area contributed by atoms with Crippen LogP contribution in [-0.4, -0.2) is 26.2 Å². The molecule has 1 aliphatic heterocycles. The minimum absolute atomic E-state index is 0.0314. The molecule has 1 N–H and O–H groups in total. The number of benzene rings is 1. The van der Waals surface area contributed by atoms with Gasteiger partial charge in [0.25, 0.3) is 0 Å². The van der Waals surface area contributed by atoms with Crippen LogP contribution in [0.4, 0.5) is 5.69 Å². The summed E-state index contributed by atoms with van der Waals surface area (Å²) in [6.45, 7) is 1.47. The summed E-state index contributed by atoms with van der Waals surface area (Å²) >= 11 is 5.92. The summed E-state index contributed by atoms with van der Waals surface area (Å²) in [5, 5.41) is 3.41. The van der Waals surface area contributed by atoms with Crippen molar-refractivity contribution in [3.05, 3.63) is 23.2 Å². The average Bonchev–Trinajstić information content (AvgIpc) is 2.40. The van der Waals surface area contributed by atoms with Crippen molar-refractivity contribution < 1.29 is 14.3 Å². The predicted octanol–water partition coefficient (Wildman–Crippen LogP) is 3.10. The van der Waals surface area contributed by atoms with E-state index in [1.807, 2.05) is 0 Å². The van der Waals surface area contributed by atoms with Crippen molar-refractivity contribution in [2.75, 3.05) is 25.6 Å². The Morgan fingerprint density at radius 1 is 1.58 bits per heavy atom. The first-order valence-electron chi connectivity index (χ1n) is 6.40. The molecule has 1 fully saturated rings. The maximum atomic E-state index is 12.0. The number of carbonyl (C=O) groups excluding carboxylic acids is 1. The lowest BCUT2D eigenvalue weighted by Crippen LogP contribution is -2.23. The molecule has 104 valence electrons. The summed E-state index contributed by atoms with van der Waals surface area (Å²) in [6.07, 6.45) is 2.54. The van der Waals surface area contributed by atoms with Gasteiger partial charge in [-0.3, -0.25) is 4.79 Å². The van der Waals surface area contributed by atoms with Crippen LogP contribution in [0.2, 0.25) is 5.02 Å². The Hall–Kier alpha value is -1.26. The van der Waals surface area contributed by atoms with Crippen LogP contribution in [0.1, 0.15) is 19.3 Å². The minimum Gasteiger partial charge on any atom is -0.495 e. The first-order chi connectivity index (χ1) is 9.19. The third-order valence-corrected chi connectivity index (χ3v) is 3.40. The van der Waals surface area contributed by atoms with Crippen LogP contribution in [0, 0.1) is 5.92 Å². The highest BCUT2D eigenvalue weighted by atomic mass is 35.5. The van der Waals surface area contributed by atoms with Crippen molar-refractivity contribution in [3.8, 4) is 5.75 Å². The molecule has 1 unspecified atom stereocenters. The maximum Gasteiger partial charge on any atom is 0.224 e. The zero-order valence-corrected chi connectivity index (χ0v) is 11.7. The van der Waals surface area contributed by atoms with Gasteiger partial charge in [-0.25, -0.2) is 0 Å². The second-order valence-corrected chi connectivity index (χ2v) is 5.12. The van der Waals surface area contributed by atoms with Crippen LogP contribution in [0.15, 0.2) is 18.2 Å². The van der Waals surface area contributed by atoms with E-state index in [1.165, 1.54) is 0 Å². The number of methoxy groups -OCH3 is 1. The second-order valence-electron chi connectivity index (χ2n) is 4.68. The summed E-state index contributed by atoms with van der Waals surface area (Å²) in [7, 11) is 1.56. The zero-order valence-electron chi connectivity index (χ0n) is 10.9. The van der Waals surface area contributed by atoms with Gasteiger partial charge in [-0.15, -0.1) is 0 Å². The third-order valence-electron chi connectivity index (χ3n) is 3.16. The summed E-state index contributed by atoms with van der Waals surface area (Å²) in [5.74, 6) is 0.882. The number of amides is 1. The van der Waals surface area contributed by atoms with E-state index in [0.29, 0.717) is 35.4 Å². The molecule has 0 aromatic heterocycles. The van der Waals surface area contributed by atoms with E-state index in [4.69, 9.17) is 21.1 Å². The van der Waals surface area contributed by atoms with Crippen molar-refractivity contribution in [3.63, 3.8) is 0 Å². The molecule has 2 rings (SSSR count). The monoisotopic (exact) mass is 283 g/mol. The number of carbonyl (C=O) groups is 1. The smallest absolute Gasteiger partial charge is 0.224 e. The van der Waals surface area contributed by atoms with Gasteiger partial charge in [-0.2, -0.15) is 0 Å². The number of rotatable bonds is 4. The normalized spacial score (nSPS) is 18.9. The lowest BCUT2D eigenvalue weighted by molar-refractivity contribution is -0.118. The van der Waals surface area contributed by atoms with Gasteiger partial charge in [-0.05, 0) is 37.0 Å². The van der Waals surface area contributed by atoms with E-state index in [1.54, 1.807) is 25.3 Å². The molecular weight excluding hydrogens is 266 g/mol. The lowest BCUT2D eigenvalue weighted by atomic mass is 9.98. The molecule has 1 aliphatic rings. The van der Waals surface area contributed by atoms with Crippen molar-refractivity contribution in [2.24, 2.45) is 5.92 Å². The molecular formula is C14H18ClNO3. The molecule has 19 heavy (non-hydrogen) atoms. The summed E-state index contributed by atoms with van der Waals surface area (Å²) < 4.78 is 10.6. The van der Waals surface area contributed by atoms with Crippen molar-refractivity contribution in [1.29, 1.82) is 0 Å². The van der Waals surface area contributed by atoms with Gasteiger partial charge in [0.2, 0.25) is 5.91 Å². The van der Waals surface area contributed by atoms with Gasteiger partial charge in [0.15, 0.2) is 0 Å². The second kappa shape index (κ2) is 6.78. The van der Waals surface area contributed by atoms with Gasteiger partial charge < -0.3 is 14.8 Å². The Morgan fingerprint density at radius 2 is 2.42 bits per heavy atom. The van der Waals surface area contributed by atoms with Gasteiger partial charge in [-0.1, -0.05) is 11.6 Å². The highest BCUT2D eigenvalue weighted by Gasteiger charge is 2.18. The minimum atomic E-state index is -0.0314. The van der Waals surface area contributed by atoms with E-state index in [9.17, 15) is 4.79 Å². The Morgan fingerprint density at radius 3 is 3.11 bits per heavy atom. The van der Waals surface area contributed by atoms with Crippen LogP contribution in [-0.2, 0) is 9.53 Å². The molecule has 0 spiro atoms. The Bertz CT molecular complexity index is 444. The number of hydrogen-bond acceptors (Lipinski definition) is 3. The molecule has 1 saturated heterocycles. The summed E-state index contributed by atoms with van der Waals surface area (Å²) in [4.78, 5) is 12.0. The largest absolute Gasteiger partial charge is 0.495 e. The first kappa shape index (κ1) is 14.2. The van der Waals surface area contributed by atoms with E-state index in [2.05, 4.69) is 5.32 Å². The van der Waals surface area contributed by atoms with Crippen LogP contribution >= 0.6 is 11.6 Å². The fourth-order valence-corrected chi connectivity index (χ4v) is 2.38. The number of hydrogen-bond donors (Lipinski definition) is 1. The van der Waals surface area contributed by atoms with Crippen LogP contribution in [0.3, 0.4) is 0 Å². The maximum absolute atomic E-state index is 12.0. The summed E-state index contributed by atoms with van der Waals surface area (Å²) in [5.41, 5.74) is 0.608. The SMILES string of the molecule is COc1ccc(Cl)cc1NC(=O)CC1CCCOC1. The molecule has 4 nitrogen and oxygen atoms in total. The lowest BCUT2D eigenvalue weighted by Gasteiger charge is -2.21. The number of anilines is 1. The molecule has 0 aliphatic carbocycles. The first-order valence-corrected chi connectivity index (χ1v) is 6.78. The molecule has 1 amide bonds. The van der Waals surface area contributed by atoms with E-state index in [-0.39, 0.29) is 5.91 Å². The van der Waals surface area contributed by atoms with E-state index >= 15 is 0 Å². The van der Waals surface area contributed by atoms with E-state index < -0.39 is 0 Å². The van der Waals surface area contributed by atoms with Crippen LogP contribution < -0.4 is 10.1 Å². The molecule has 0 bridgehead atoms. The van der Waals surface area contributed by atoms with Crippen molar-refractivity contribution in [1.82, 2.24) is 0 Å². The van der Waals surface area contributed by atoms with Crippen molar-refractivity contribution in [2.45, 2.75) is 19.3 Å². The quantitative estimate of drug-likeness (QED) is 0.924. The third kappa shape index (κ3) is 4.11. The summed E-state index contributed by atoms with van der Waals surface area (Å²) in [6, 6.07) is 5.16. The topological polar surface area (TPSA) is 47.6 Å². The number of halogens is 1. The average molecular weight is 284 g/mol. The molecule has 1 heterocycles. The predicted molar refractivity (Wildman–Crippen MR) is 74.8 cm³/mol. The van der Waals surface area contributed by atoms with Gasteiger partial charge in [0, 0.05) is 24.7 Å². The van der Waals surface area contributed by atoms with Crippen LogP contribution in [0.5, 0.6) is 5.75 Å².